The lowest BCUT2D eigenvalue weighted by Gasteiger charge is -2.10. The van der Waals surface area contributed by atoms with Crippen molar-refractivity contribution in [2.45, 2.75) is 19.8 Å². The largest absolute Gasteiger partial charge is 0.481 e. The second-order valence-electron chi connectivity index (χ2n) is 5.77. The number of carbonyl (C=O) groups is 2. The Balaban J connectivity index is 2.20. The smallest absolute Gasteiger partial charge is 0.303 e. The fraction of sp³-hybridized carbons (Fsp3) is 0.158. The van der Waals surface area contributed by atoms with E-state index >= 15 is 0 Å². The van der Waals surface area contributed by atoms with E-state index in [1.54, 1.807) is 31.2 Å². The minimum absolute atomic E-state index is 0.118. The Labute approximate surface area is 148 Å². The normalized spacial score (nSPS) is 11.0. The third kappa shape index (κ3) is 3.28. The van der Waals surface area contributed by atoms with Crippen LogP contribution in [0, 0.1) is 12.7 Å². The van der Waals surface area contributed by atoms with E-state index in [9.17, 15) is 14.0 Å². The van der Waals surface area contributed by atoms with Crippen LogP contribution < -0.4 is 0 Å². The molecule has 25 heavy (non-hydrogen) atoms. The summed E-state index contributed by atoms with van der Waals surface area (Å²) in [4.78, 5) is 24.0. The third-order valence-corrected chi connectivity index (χ3v) is 4.43. The fourth-order valence-corrected chi connectivity index (χ4v) is 3.08. The van der Waals surface area contributed by atoms with Gasteiger partial charge in [0.15, 0.2) is 0 Å². The van der Waals surface area contributed by atoms with Gasteiger partial charge in [-0.15, -0.1) is 0 Å². The van der Waals surface area contributed by atoms with Crippen LogP contribution >= 0.6 is 11.6 Å². The lowest BCUT2D eigenvalue weighted by atomic mass is 10.1. The van der Waals surface area contributed by atoms with E-state index in [1.165, 1.54) is 22.8 Å². The Hall–Kier alpha value is -2.66. The average molecular weight is 360 g/mol. The van der Waals surface area contributed by atoms with Crippen LogP contribution in [-0.4, -0.2) is 21.6 Å². The highest BCUT2D eigenvalue weighted by Crippen LogP contribution is 2.28. The van der Waals surface area contributed by atoms with Crippen LogP contribution in [0.25, 0.3) is 10.9 Å². The van der Waals surface area contributed by atoms with Gasteiger partial charge in [0, 0.05) is 21.7 Å². The zero-order chi connectivity index (χ0) is 18.1. The van der Waals surface area contributed by atoms with Crippen molar-refractivity contribution in [3.05, 3.63) is 70.1 Å². The van der Waals surface area contributed by atoms with E-state index in [-0.39, 0.29) is 18.7 Å². The number of fused-ring (bicyclic) bond motifs is 1. The molecule has 0 unspecified atom stereocenters. The van der Waals surface area contributed by atoms with E-state index in [0.29, 0.717) is 32.7 Å². The number of carbonyl (C=O) groups excluding carboxylic acids is 1. The van der Waals surface area contributed by atoms with Crippen molar-refractivity contribution in [3.63, 3.8) is 0 Å². The molecule has 0 spiro atoms. The van der Waals surface area contributed by atoms with E-state index < -0.39 is 11.8 Å². The highest BCUT2D eigenvalue weighted by atomic mass is 35.5. The molecule has 4 nitrogen and oxygen atoms in total. The SMILES string of the molecule is Cc1c(CCC(=O)O)n(C(=O)c2ccc(Cl)cc2)c2ccc(F)cc12. The van der Waals surface area contributed by atoms with Crippen LogP contribution in [0.1, 0.15) is 28.0 Å². The summed E-state index contributed by atoms with van der Waals surface area (Å²) in [7, 11) is 0. The zero-order valence-electron chi connectivity index (χ0n) is 13.4. The number of carboxylic acid groups (broad SMARTS) is 1. The van der Waals surface area contributed by atoms with Crippen molar-refractivity contribution in [3.8, 4) is 0 Å². The quantitative estimate of drug-likeness (QED) is 0.748. The molecule has 3 rings (SSSR count). The molecule has 1 N–H and O–H groups in total. The van der Waals surface area contributed by atoms with Gasteiger partial charge in [-0.1, -0.05) is 11.6 Å². The predicted octanol–water partition coefficient (Wildman–Crippen LogP) is 4.45. The highest BCUT2D eigenvalue weighted by Gasteiger charge is 2.21. The van der Waals surface area contributed by atoms with Gasteiger partial charge in [0.25, 0.3) is 5.91 Å². The van der Waals surface area contributed by atoms with E-state index in [1.807, 2.05) is 0 Å². The molecule has 0 aliphatic rings. The first kappa shape index (κ1) is 17.2. The monoisotopic (exact) mass is 359 g/mol. The van der Waals surface area contributed by atoms with Crippen molar-refractivity contribution in [2.24, 2.45) is 0 Å². The maximum Gasteiger partial charge on any atom is 0.303 e. The van der Waals surface area contributed by atoms with Gasteiger partial charge in [-0.2, -0.15) is 0 Å². The van der Waals surface area contributed by atoms with Gasteiger partial charge in [-0.3, -0.25) is 14.2 Å². The molecule has 6 heteroatoms. The van der Waals surface area contributed by atoms with Crippen LogP contribution in [0.4, 0.5) is 4.39 Å². The molecular weight excluding hydrogens is 345 g/mol. The number of carboxylic acids is 1. The molecular formula is C19H15ClFNO3. The van der Waals surface area contributed by atoms with Crippen LogP contribution in [0.3, 0.4) is 0 Å². The Morgan fingerprint density at radius 3 is 2.48 bits per heavy atom. The van der Waals surface area contributed by atoms with Crippen LogP contribution in [-0.2, 0) is 11.2 Å². The second kappa shape index (κ2) is 6.69. The molecule has 0 bridgehead atoms. The summed E-state index contributed by atoms with van der Waals surface area (Å²) < 4.78 is 15.1. The topological polar surface area (TPSA) is 59.3 Å². The molecule has 128 valence electrons. The first-order valence-corrected chi connectivity index (χ1v) is 8.08. The number of rotatable bonds is 4. The maximum atomic E-state index is 13.6. The van der Waals surface area contributed by atoms with E-state index in [4.69, 9.17) is 16.7 Å². The first-order valence-electron chi connectivity index (χ1n) is 7.70. The summed E-state index contributed by atoms with van der Waals surface area (Å²) in [6, 6.07) is 10.6. The molecule has 0 atom stereocenters. The van der Waals surface area contributed by atoms with Gasteiger partial charge in [0.1, 0.15) is 5.82 Å². The van der Waals surface area contributed by atoms with E-state index in [0.717, 1.165) is 0 Å². The zero-order valence-corrected chi connectivity index (χ0v) is 14.2. The fourth-order valence-electron chi connectivity index (χ4n) is 2.95. The predicted molar refractivity (Wildman–Crippen MR) is 93.8 cm³/mol. The van der Waals surface area contributed by atoms with Crippen LogP contribution in [0.5, 0.6) is 0 Å². The van der Waals surface area contributed by atoms with Gasteiger partial charge in [0.2, 0.25) is 0 Å². The van der Waals surface area contributed by atoms with Crippen LogP contribution in [0.2, 0.25) is 5.02 Å². The molecule has 0 saturated heterocycles. The van der Waals surface area contributed by atoms with E-state index in [2.05, 4.69) is 0 Å². The lowest BCUT2D eigenvalue weighted by Crippen LogP contribution is -2.16. The summed E-state index contributed by atoms with van der Waals surface area (Å²) in [5, 5.41) is 10.1. The molecule has 0 radical (unpaired) electrons. The number of nitrogens with zero attached hydrogens (tertiary/aromatic N) is 1. The minimum atomic E-state index is -0.957. The average Bonchev–Trinajstić information content (AvgIpc) is 2.85. The van der Waals surface area contributed by atoms with Crippen molar-refractivity contribution < 1.29 is 19.1 Å². The van der Waals surface area contributed by atoms with Crippen molar-refractivity contribution in [1.82, 2.24) is 4.57 Å². The molecule has 1 heterocycles. The van der Waals surface area contributed by atoms with Gasteiger partial charge >= 0.3 is 5.97 Å². The van der Waals surface area contributed by atoms with Gasteiger partial charge in [-0.05, 0) is 61.4 Å². The summed E-state index contributed by atoms with van der Waals surface area (Å²) >= 11 is 5.87. The molecule has 0 saturated carbocycles. The summed E-state index contributed by atoms with van der Waals surface area (Å²) in [5.74, 6) is -1.67. The lowest BCUT2D eigenvalue weighted by molar-refractivity contribution is -0.137. The van der Waals surface area contributed by atoms with Gasteiger partial charge in [-0.25, -0.2) is 4.39 Å². The number of benzene rings is 2. The molecule has 0 aliphatic heterocycles. The molecule has 0 amide bonds. The molecule has 3 aromatic rings. The summed E-state index contributed by atoms with van der Waals surface area (Å²) in [6.07, 6.45) is 0.0599. The van der Waals surface area contributed by atoms with Gasteiger partial charge < -0.3 is 5.11 Å². The molecule has 0 aliphatic carbocycles. The summed E-state index contributed by atoms with van der Waals surface area (Å²) in [6.45, 7) is 1.77. The molecule has 2 aromatic carbocycles. The Morgan fingerprint density at radius 1 is 1.16 bits per heavy atom. The molecule has 1 aromatic heterocycles. The number of aryl methyl sites for hydroxylation is 1. The third-order valence-electron chi connectivity index (χ3n) is 4.18. The Morgan fingerprint density at radius 2 is 1.84 bits per heavy atom. The van der Waals surface area contributed by atoms with Crippen molar-refractivity contribution >= 4 is 34.4 Å². The van der Waals surface area contributed by atoms with Crippen molar-refractivity contribution in [2.75, 3.05) is 0 Å². The highest BCUT2D eigenvalue weighted by molar-refractivity contribution is 6.30. The number of hydrogen-bond acceptors (Lipinski definition) is 2. The van der Waals surface area contributed by atoms with Crippen molar-refractivity contribution in [1.29, 1.82) is 0 Å². The number of hydrogen-bond donors (Lipinski definition) is 1. The first-order chi connectivity index (χ1) is 11.9. The van der Waals surface area contributed by atoms with Crippen LogP contribution in [0.15, 0.2) is 42.5 Å². The number of aliphatic carboxylic acids is 1. The molecule has 0 fully saturated rings. The van der Waals surface area contributed by atoms with Gasteiger partial charge in [0.05, 0.1) is 11.9 Å². The summed E-state index contributed by atoms with van der Waals surface area (Å²) in [5.41, 5.74) is 2.25. The standard InChI is InChI=1S/C19H15ClFNO3/c1-11-15-10-14(21)6-7-17(15)22(16(11)8-9-18(23)24)19(25)12-2-4-13(20)5-3-12/h2-7,10H,8-9H2,1H3,(H,23,24). The second-order valence-corrected chi connectivity index (χ2v) is 6.21. The Bertz CT molecular complexity index is 976. The number of aromatic nitrogens is 1. The Kier molecular flexibility index (Phi) is 4.59. The minimum Gasteiger partial charge on any atom is -0.481 e. The maximum absolute atomic E-state index is 13.6. The number of halogens is 2.